The molecule has 1 aliphatic rings. The molecule has 174 valence electrons. The molecule has 0 bridgehead atoms. The maximum Gasteiger partial charge on any atom is 0.348 e. The van der Waals surface area contributed by atoms with Crippen molar-refractivity contribution in [3.8, 4) is 0 Å². The first-order chi connectivity index (χ1) is 14.9. The number of benzene rings is 1. The van der Waals surface area contributed by atoms with E-state index in [0.29, 0.717) is 32.8 Å². The molecule has 1 heterocycles. The molecule has 10 nitrogen and oxygen atoms in total. The second kappa shape index (κ2) is 12.0. The molecular formula is C21H37N7O3. The number of carbonyl (C=O) groups excluding carboxylic acids is 2. The molecule has 10 heteroatoms. The van der Waals surface area contributed by atoms with E-state index in [-0.39, 0.29) is 12.3 Å². The lowest BCUT2D eigenvalue weighted by molar-refractivity contribution is -0.120. The van der Waals surface area contributed by atoms with Crippen LogP contribution in [0.3, 0.4) is 0 Å². The summed E-state index contributed by atoms with van der Waals surface area (Å²) in [7, 11) is 1.66. The first-order valence-electron chi connectivity index (χ1n) is 10.8. The zero-order valence-corrected chi connectivity index (χ0v) is 18.7. The third-order valence-electron chi connectivity index (χ3n) is 5.79. The molecule has 1 aromatic rings. The van der Waals surface area contributed by atoms with Crippen molar-refractivity contribution >= 4 is 17.6 Å². The number of nitrogens with zero attached hydrogens (tertiary/aromatic N) is 4. The van der Waals surface area contributed by atoms with Crippen molar-refractivity contribution < 1.29 is 14.3 Å². The van der Waals surface area contributed by atoms with Gasteiger partial charge in [0.25, 0.3) is 0 Å². The third-order valence-corrected chi connectivity index (χ3v) is 5.79. The summed E-state index contributed by atoms with van der Waals surface area (Å²) in [5.41, 5.74) is 6.10. The van der Waals surface area contributed by atoms with Gasteiger partial charge < -0.3 is 20.3 Å². The number of anilines is 1. The number of rotatable bonds is 10. The molecule has 1 saturated heterocycles. The molecule has 0 atom stereocenters. The maximum absolute atomic E-state index is 13.1. The van der Waals surface area contributed by atoms with E-state index in [2.05, 4.69) is 4.90 Å². The van der Waals surface area contributed by atoms with Gasteiger partial charge in [0.1, 0.15) is 0 Å². The average molecular weight is 436 g/mol. The molecule has 2 rings (SSSR count). The van der Waals surface area contributed by atoms with Crippen LogP contribution in [0.2, 0.25) is 0 Å². The van der Waals surface area contributed by atoms with Crippen LogP contribution in [0.25, 0.3) is 0 Å². The molecule has 1 aromatic carbocycles. The van der Waals surface area contributed by atoms with E-state index in [0.717, 1.165) is 41.6 Å². The fourth-order valence-electron chi connectivity index (χ4n) is 4.03. The minimum absolute atomic E-state index is 0.000493. The first-order valence-corrected chi connectivity index (χ1v) is 10.8. The Hall–Kier alpha value is -2.24. The monoisotopic (exact) mass is 435 g/mol. The number of para-hydroxylation sites is 1. The normalized spacial score (nSPS) is 16.0. The van der Waals surface area contributed by atoms with Crippen LogP contribution < -0.4 is 22.3 Å². The van der Waals surface area contributed by atoms with E-state index >= 15 is 0 Å². The Morgan fingerprint density at radius 2 is 1.77 bits per heavy atom. The standard InChI is InChI=1S/C21H37N7O3/c1-3-26(23)20(30)27(24)16-15-25-13-10-21(11-14-25,17-31-2)28(19(29)9-12-22)18-7-5-4-6-8-18/h4-8H,3,9-17,22-24H2,1-2H3. The number of carbonyl (C=O) groups is 2. The number of piperidine rings is 1. The van der Waals surface area contributed by atoms with E-state index < -0.39 is 11.6 Å². The summed E-state index contributed by atoms with van der Waals surface area (Å²) < 4.78 is 5.58. The van der Waals surface area contributed by atoms with Crippen molar-refractivity contribution in [3.63, 3.8) is 0 Å². The lowest BCUT2D eigenvalue weighted by Crippen LogP contribution is -2.61. The van der Waals surface area contributed by atoms with Gasteiger partial charge in [0.05, 0.1) is 18.7 Å². The number of amides is 3. The zero-order chi connectivity index (χ0) is 22.9. The highest BCUT2D eigenvalue weighted by molar-refractivity contribution is 5.95. The van der Waals surface area contributed by atoms with E-state index in [1.54, 1.807) is 14.0 Å². The highest BCUT2D eigenvalue weighted by Crippen LogP contribution is 2.34. The molecule has 0 aromatic heterocycles. The molecule has 0 saturated carbocycles. The number of methoxy groups -OCH3 is 1. The largest absolute Gasteiger partial charge is 0.382 e. The molecule has 0 spiro atoms. The second-order valence-electron chi connectivity index (χ2n) is 7.86. The Kier molecular flexibility index (Phi) is 9.66. The SMILES string of the molecule is CCN(N)C(=O)N(N)CCN1CCC(COC)(N(C(=O)CCN)c2ccccc2)CC1. The number of likely N-dealkylation sites (tertiary alicyclic amines) is 1. The Labute approximate surface area is 184 Å². The summed E-state index contributed by atoms with van der Waals surface area (Å²) in [6.45, 7) is 5.43. The third kappa shape index (κ3) is 6.37. The van der Waals surface area contributed by atoms with Gasteiger partial charge in [-0.2, -0.15) is 0 Å². The highest BCUT2D eigenvalue weighted by Gasteiger charge is 2.43. The van der Waals surface area contributed by atoms with Gasteiger partial charge in [0, 0.05) is 51.9 Å². The topological polar surface area (TPSA) is 134 Å². The van der Waals surface area contributed by atoms with Gasteiger partial charge in [-0.05, 0) is 31.9 Å². The summed E-state index contributed by atoms with van der Waals surface area (Å²) in [5.74, 6) is 11.5. The van der Waals surface area contributed by atoms with Crippen LogP contribution in [0.1, 0.15) is 26.2 Å². The van der Waals surface area contributed by atoms with Crippen molar-refractivity contribution in [1.82, 2.24) is 14.9 Å². The van der Waals surface area contributed by atoms with Crippen molar-refractivity contribution in [1.29, 1.82) is 0 Å². The van der Waals surface area contributed by atoms with Crippen molar-refractivity contribution in [2.24, 2.45) is 17.4 Å². The van der Waals surface area contributed by atoms with Crippen molar-refractivity contribution in [2.45, 2.75) is 31.7 Å². The Bertz CT molecular complexity index is 695. The molecule has 3 amide bonds. The van der Waals surface area contributed by atoms with Gasteiger partial charge in [-0.1, -0.05) is 18.2 Å². The average Bonchev–Trinajstić information content (AvgIpc) is 2.78. The van der Waals surface area contributed by atoms with Gasteiger partial charge in [-0.25, -0.2) is 16.5 Å². The number of nitrogens with two attached hydrogens (primary N) is 3. The lowest BCUT2D eigenvalue weighted by atomic mass is 9.85. The van der Waals surface area contributed by atoms with Gasteiger partial charge in [0.2, 0.25) is 5.91 Å². The first kappa shape index (κ1) is 25.0. The zero-order valence-electron chi connectivity index (χ0n) is 18.7. The van der Waals surface area contributed by atoms with Crippen LogP contribution in [0, 0.1) is 0 Å². The number of hydrogen-bond donors (Lipinski definition) is 3. The van der Waals surface area contributed by atoms with E-state index in [1.165, 1.54) is 0 Å². The molecule has 1 aliphatic heterocycles. The smallest absolute Gasteiger partial charge is 0.348 e. The Morgan fingerprint density at radius 1 is 1.13 bits per heavy atom. The van der Waals surface area contributed by atoms with Crippen LogP contribution in [0.5, 0.6) is 0 Å². The maximum atomic E-state index is 13.1. The Morgan fingerprint density at radius 3 is 2.32 bits per heavy atom. The highest BCUT2D eigenvalue weighted by atomic mass is 16.5. The van der Waals surface area contributed by atoms with Crippen LogP contribution in [0.15, 0.2) is 30.3 Å². The fraction of sp³-hybridized carbons (Fsp3) is 0.619. The van der Waals surface area contributed by atoms with Crippen molar-refractivity contribution in [3.05, 3.63) is 30.3 Å². The summed E-state index contributed by atoms with van der Waals surface area (Å²) >= 11 is 0. The van der Waals surface area contributed by atoms with Gasteiger partial charge in [0.15, 0.2) is 0 Å². The quantitative estimate of drug-likeness (QED) is 0.274. The fourth-order valence-corrected chi connectivity index (χ4v) is 4.03. The lowest BCUT2D eigenvalue weighted by Gasteiger charge is -2.48. The number of hydrogen-bond acceptors (Lipinski definition) is 7. The van der Waals surface area contributed by atoms with Crippen LogP contribution >= 0.6 is 0 Å². The molecule has 6 N–H and O–H groups in total. The van der Waals surface area contributed by atoms with Gasteiger partial charge in [-0.3, -0.25) is 14.8 Å². The molecular weight excluding hydrogens is 398 g/mol. The number of ether oxygens (including phenoxy) is 1. The Balaban J connectivity index is 2.09. The number of urea groups is 1. The van der Waals surface area contributed by atoms with E-state index in [4.69, 9.17) is 22.2 Å². The molecule has 0 aliphatic carbocycles. The minimum Gasteiger partial charge on any atom is -0.382 e. The molecule has 0 unspecified atom stereocenters. The van der Waals surface area contributed by atoms with Crippen LogP contribution in [0.4, 0.5) is 10.5 Å². The van der Waals surface area contributed by atoms with E-state index in [9.17, 15) is 9.59 Å². The summed E-state index contributed by atoms with van der Waals surface area (Å²) in [6.07, 6.45) is 1.76. The van der Waals surface area contributed by atoms with Gasteiger partial charge in [-0.15, -0.1) is 0 Å². The summed E-state index contributed by atoms with van der Waals surface area (Å²) in [6, 6.07) is 9.28. The number of hydrazine groups is 2. The van der Waals surface area contributed by atoms with E-state index in [1.807, 2.05) is 35.2 Å². The molecule has 1 fully saturated rings. The second-order valence-corrected chi connectivity index (χ2v) is 7.86. The molecule has 0 radical (unpaired) electrons. The van der Waals surface area contributed by atoms with Crippen molar-refractivity contribution in [2.75, 3.05) is 57.9 Å². The predicted octanol–water partition coefficient (Wildman–Crippen LogP) is 0.341. The minimum atomic E-state index is -0.451. The van der Waals surface area contributed by atoms with Crippen LogP contribution in [-0.4, -0.2) is 85.4 Å². The summed E-state index contributed by atoms with van der Waals surface area (Å²) in [5, 5.41) is 2.22. The predicted molar refractivity (Wildman–Crippen MR) is 121 cm³/mol. The van der Waals surface area contributed by atoms with Crippen LogP contribution in [-0.2, 0) is 9.53 Å². The summed E-state index contributed by atoms with van der Waals surface area (Å²) in [4.78, 5) is 29.2. The van der Waals surface area contributed by atoms with Gasteiger partial charge >= 0.3 is 6.03 Å². The molecule has 31 heavy (non-hydrogen) atoms.